The fourth-order valence-electron chi connectivity index (χ4n) is 2.71. The summed E-state index contributed by atoms with van der Waals surface area (Å²) in [5, 5.41) is 3.82. The number of rotatable bonds is 5. The molecule has 2 N–H and O–H groups in total. The van der Waals surface area contributed by atoms with Crippen LogP contribution in [0.1, 0.15) is 27.2 Å². The molecule has 1 heterocycles. The Balaban J connectivity index is 2.56. The van der Waals surface area contributed by atoms with Crippen LogP contribution in [0, 0.1) is 20.8 Å². The summed E-state index contributed by atoms with van der Waals surface area (Å²) in [5.41, 5.74) is -2.01. The van der Waals surface area contributed by atoms with Crippen LogP contribution >= 0.6 is 0 Å². The Hall–Kier alpha value is -3.10. The molecule has 2 rings (SSSR count). The summed E-state index contributed by atoms with van der Waals surface area (Å²) < 4.78 is 46.6. The Bertz CT molecular complexity index is 879. The van der Waals surface area contributed by atoms with Crippen molar-refractivity contribution in [1.82, 2.24) is 10.3 Å². The zero-order chi connectivity index (χ0) is 21.1. The minimum Gasteiger partial charge on any atom is -0.466 e. The number of aromatic nitrogens is 1. The molecule has 0 saturated carbocycles. The summed E-state index contributed by atoms with van der Waals surface area (Å²) in [6.45, 7) is 4.83. The number of alkyl halides is 3. The Labute approximate surface area is 160 Å². The second-order valence-corrected chi connectivity index (χ2v) is 6.30. The van der Waals surface area contributed by atoms with Gasteiger partial charge in [-0.15, -0.1) is 0 Å². The second-order valence-electron chi connectivity index (χ2n) is 6.30. The van der Waals surface area contributed by atoms with E-state index >= 15 is 0 Å². The predicted molar refractivity (Wildman–Crippen MR) is 96.8 cm³/mol. The molecule has 0 aliphatic heterocycles. The molecule has 1 aromatic carbocycles. The number of nitrogens with zero attached hydrogens (tertiary/aromatic N) is 1. The average Bonchev–Trinajstić information content (AvgIpc) is 2.58. The number of carbonyl (C=O) groups excluding carboxylic acids is 2. The van der Waals surface area contributed by atoms with Crippen molar-refractivity contribution < 1.29 is 27.5 Å². The highest BCUT2D eigenvalue weighted by atomic mass is 19.4. The Kier molecular flexibility index (Phi) is 5.96. The molecule has 150 valence electrons. The van der Waals surface area contributed by atoms with Crippen molar-refractivity contribution >= 4 is 17.7 Å². The van der Waals surface area contributed by atoms with Gasteiger partial charge in [-0.2, -0.15) is 13.2 Å². The Morgan fingerprint density at radius 1 is 1.07 bits per heavy atom. The maximum Gasteiger partial charge on any atom is 0.441 e. The molecule has 0 unspecified atom stereocenters. The van der Waals surface area contributed by atoms with E-state index in [0.29, 0.717) is 16.8 Å². The van der Waals surface area contributed by atoms with E-state index in [9.17, 15) is 22.8 Å². The van der Waals surface area contributed by atoms with Crippen molar-refractivity contribution in [2.75, 3.05) is 12.4 Å². The molecule has 2 aromatic rings. The first-order valence-corrected chi connectivity index (χ1v) is 8.27. The van der Waals surface area contributed by atoms with Gasteiger partial charge in [-0.05, 0) is 50.1 Å². The lowest BCUT2D eigenvalue weighted by Crippen LogP contribution is -2.69. The number of halogens is 3. The standard InChI is InChI=1S/C19H20F3N3O3/c1-11-9-13(3)23-15(10-11)24-18(17(27)28-4,19(20,21)22)25-16(26)14-8-6-5-7-12(14)2/h5-10H,1-4H3,(H,23,24)(H,25,26)/t18-/m1/s1. The van der Waals surface area contributed by atoms with Crippen molar-refractivity contribution in [3.63, 3.8) is 0 Å². The van der Waals surface area contributed by atoms with Crippen molar-refractivity contribution in [3.8, 4) is 0 Å². The predicted octanol–water partition coefficient (Wildman–Crippen LogP) is 3.28. The van der Waals surface area contributed by atoms with Crippen molar-refractivity contribution in [3.05, 3.63) is 58.8 Å². The first kappa shape index (κ1) is 21.2. The number of esters is 1. The molecule has 0 fully saturated rings. The third-order valence-electron chi connectivity index (χ3n) is 4.02. The molecule has 0 spiro atoms. The number of hydrogen-bond acceptors (Lipinski definition) is 5. The highest BCUT2D eigenvalue weighted by Crippen LogP contribution is 2.33. The number of ether oxygens (including phenoxy) is 1. The maximum absolute atomic E-state index is 14.1. The van der Waals surface area contributed by atoms with Crippen LogP contribution in [-0.2, 0) is 9.53 Å². The lowest BCUT2D eigenvalue weighted by Gasteiger charge is -2.34. The number of aryl methyl sites for hydroxylation is 3. The Morgan fingerprint density at radius 3 is 2.25 bits per heavy atom. The number of amides is 1. The number of methoxy groups -OCH3 is 1. The largest absolute Gasteiger partial charge is 0.466 e. The molecule has 1 amide bonds. The van der Waals surface area contributed by atoms with Crippen LogP contribution in [0.15, 0.2) is 36.4 Å². The van der Waals surface area contributed by atoms with Crippen LogP contribution in [0.2, 0.25) is 0 Å². The summed E-state index contributed by atoms with van der Waals surface area (Å²) >= 11 is 0. The van der Waals surface area contributed by atoms with E-state index in [1.165, 1.54) is 18.2 Å². The summed E-state index contributed by atoms with van der Waals surface area (Å²) in [7, 11) is 0.805. The quantitative estimate of drug-likeness (QED) is 0.600. The van der Waals surface area contributed by atoms with E-state index in [0.717, 1.165) is 7.11 Å². The van der Waals surface area contributed by atoms with Gasteiger partial charge in [0.25, 0.3) is 5.91 Å². The molecule has 0 aliphatic rings. The molecule has 1 aromatic heterocycles. The van der Waals surface area contributed by atoms with Crippen LogP contribution in [-0.4, -0.2) is 35.8 Å². The van der Waals surface area contributed by atoms with Crippen LogP contribution in [0.4, 0.5) is 19.0 Å². The zero-order valence-corrected chi connectivity index (χ0v) is 15.8. The van der Waals surface area contributed by atoms with Gasteiger partial charge in [0.15, 0.2) is 0 Å². The van der Waals surface area contributed by atoms with E-state index in [-0.39, 0.29) is 11.4 Å². The molecule has 0 aliphatic carbocycles. The number of benzene rings is 1. The highest BCUT2D eigenvalue weighted by molar-refractivity contribution is 6.00. The summed E-state index contributed by atoms with van der Waals surface area (Å²) in [4.78, 5) is 28.8. The second kappa shape index (κ2) is 7.87. The fraction of sp³-hybridized carbons (Fsp3) is 0.316. The summed E-state index contributed by atoms with van der Waals surface area (Å²) in [6, 6.07) is 9.07. The molecule has 0 bridgehead atoms. The number of carbonyl (C=O) groups is 2. The first-order chi connectivity index (χ1) is 13.0. The van der Waals surface area contributed by atoms with Gasteiger partial charge in [0, 0.05) is 11.3 Å². The van der Waals surface area contributed by atoms with Crippen LogP contribution in [0.25, 0.3) is 0 Å². The van der Waals surface area contributed by atoms with Crippen LogP contribution in [0.3, 0.4) is 0 Å². The van der Waals surface area contributed by atoms with Gasteiger partial charge in [-0.25, -0.2) is 9.78 Å². The van der Waals surface area contributed by atoms with Crippen molar-refractivity contribution in [2.45, 2.75) is 32.6 Å². The average molecular weight is 395 g/mol. The lowest BCUT2D eigenvalue weighted by molar-refractivity contribution is -0.203. The highest BCUT2D eigenvalue weighted by Gasteiger charge is 2.63. The number of nitrogens with one attached hydrogen (secondary N) is 2. The third kappa shape index (κ3) is 4.24. The van der Waals surface area contributed by atoms with Gasteiger partial charge in [0.1, 0.15) is 5.82 Å². The SMILES string of the molecule is COC(=O)[C@](NC(=O)c1ccccc1C)(Nc1cc(C)cc(C)n1)C(F)(F)F. The number of hydrogen-bond donors (Lipinski definition) is 2. The van der Waals surface area contributed by atoms with Crippen molar-refractivity contribution in [2.24, 2.45) is 0 Å². The van der Waals surface area contributed by atoms with E-state index < -0.39 is 23.7 Å². The first-order valence-electron chi connectivity index (χ1n) is 8.27. The normalized spacial score (nSPS) is 13.4. The van der Waals surface area contributed by atoms with Gasteiger partial charge in [-0.1, -0.05) is 18.2 Å². The zero-order valence-electron chi connectivity index (χ0n) is 15.8. The fourth-order valence-corrected chi connectivity index (χ4v) is 2.71. The molecule has 0 saturated heterocycles. The van der Waals surface area contributed by atoms with Gasteiger partial charge >= 0.3 is 17.8 Å². The van der Waals surface area contributed by atoms with E-state index in [1.807, 2.05) is 5.32 Å². The molecule has 0 radical (unpaired) electrons. The van der Waals surface area contributed by atoms with E-state index in [4.69, 9.17) is 0 Å². The van der Waals surface area contributed by atoms with E-state index in [1.54, 1.807) is 44.3 Å². The third-order valence-corrected chi connectivity index (χ3v) is 4.02. The summed E-state index contributed by atoms with van der Waals surface area (Å²) in [5.74, 6) is -3.04. The van der Waals surface area contributed by atoms with Gasteiger partial charge in [-0.3, -0.25) is 4.79 Å². The van der Waals surface area contributed by atoms with Gasteiger partial charge < -0.3 is 15.4 Å². The van der Waals surface area contributed by atoms with Crippen LogP contribution in [0.5, 0.6) is 0 Å². The number of anilines is 1. The minimum absolute atomic E-state index is 0.00444. The smallest absolute Gasteiger partial charge is 0.441 e. The molecular weight excluding hydrogens is 375 g/mol. The van der Waals surface area contributed by atoms with E-state index in [2.05, 4.69) is 9.72 Å². The molecular formula is C19H20F3N3O3. The number of pyridine rings is 1. The lowest BCUT2D eigenvalue weighted by atomic mass is 10.1. The summed E-state index contributed by atoms with van der Waals surface area (Å²) in [6.07, 6.45) is -5.22. The molecule has 9 heteroatoms. The van der Waals surface area contributed by atoms with Crippen LogP contribution < -0.4 is 10.6 Å². The maximum atomic E-state index is 14.1. The topological polar surface area (TPSA) is 80.3 Å². The van der Waals surface area contributed by atoms with Crippen molar-refractivity contribution in [1.29, 1.82) is 0 Å². The molecule has 6 nitrogen and oxygen atoms in total. The van der Waals surface area contributed by atoms with Gasteiger partial charge in [0.2, 0.25) is 0 Å². The molecule has 1 atom stereocenters. The minimum atomic E-state index is -5.22. The monoisotopic (exact) mass is 395 g/mol. The molecule has 28 heavy (non-hydrogen) atoms. The Morgan fingerprint density at radius 2 is 1.71 bits per heavy atom. The van der Waals surface area contributed by atoms with Gasteiger partial charge in [0.05, 0.1) is 7.11 Å².